The molecular formula is C31H36N2O3S2. The largest absolute Gasteiger partial charge is 0.387 e. The maximum absolute atomic E-state index is 13.5. The Morgan fingerprint density at radius 1 is 0.684 bits per heavy atom. The monoisotopic (exact) mass is 548 g/mol. The smallest absolute Gasteiger partial charge is 0.195 e. The Kier molecular flexibility index (Phi) is 10.4. The molecule has 4 unspecified atom stereocenters. The maximum atomic E-state index is 13.5. The average molecular weight is 549 g/mol. The summed E-state index contributed by atoms with van der Waals surface area (Å²) in [4.78, 5) is 15.6. The van der Waals surface area contributed by atoms with Crippen LogP contribution in [0.5, 0.6) is 0 Å². The second-order valence-electron chi connectivity index (χ2n) is 9.54. The van der Waals surface area contributed by atoms with Gasteiger partial charge in [0.25, 0.3) is 0 Å². The maximum Gasteiger partial charge on any atom is 0.195 e. The molecule has 2 aromatic carbocycles. The summed E-state index contributed by atoms with van der Waals surface area (Å²) < 4.78 is 0. The van der Waals surface area contributed by atoms with Gasteiger partial charge in [-0.05, 0) is 60.7 Å². The Bertz CT molecular complexity index is 1170. The lowest BCUT2D eigenvalue weighted by Crippen LogP contribution is -2.33. The van der Waals surface area contributed by atoms with Gasteiger partial charge in [0.1, 0.15) is 0 Å². The number of thiophene rings is 2. The third-order valence-electron chi connectivity index (χ3n) is 6.85. The van der Waals surface area contributed by atoms with Crippen LogP contribution in [-0.2, 0) is 12.8 Å². The molecule has 38 heavy (non-hydrogen) atoms. The number of rotatable bonds is 14. The van der Waals surface area contributed by atoms with Gasteiger partial charge in [0, 0.05) is 46.1 Å². The first-order valence-electron chi connectivity index (χ1n) is 13.1. The molecule has 0 saturated carbocycles. The summed E-state index contributed by atoms with van der Waals surface area (Å²) >= 11 is 3.20. The average Bonchev–Trinajstić information content (AvgIpc) is 3.62. The summed E-state index contributed by atoms with van der Waals surface area (Å²) in [5.74, 6) is 0.0623. The van der Waals surface area contributed by atoms with Gasteiger partial charge in [-0.3, -0.25) is 4.79 Å². The number of aliphatic hydroxyl groups is 2. The van der Waals surface area contributed by atoms with E-state index in [-0.39, 0.29) is 17.9 Å². The summed E-state index contributed by atoms with van der Waals surface area (Å²) in [5.41, 5.74) is 3.30. The molecule has 0 aliphatic heterocycles. The Morgan fingerprint density at radius 3 is 1.47 bits per heavy atom. The molecular weight excluding hydrogens is 512 g/mol. The highest BCUT2D eigenvalue weighted by atomic mass is 32.1. The number of nitrogens with one attached hydrogen (secondary N) is 2. The molecule has 4 rings (SSSR count). The predicted molar refractivity (Wildman–Crippen MR) is 157 cm³/mol. The van der Waals surface area contributed by atoms with E-state index < -0.39 is 12.2 Å². The van der Waals surface area contributed by atoms with Crippen molar-refractivity contribution < 1.29 is 15.0 Å². The van der Waals surface area contributed by atoms with Gasteiger partial charge in [-0.2, -0.15) is 0 Å². The van der Waals surface area contributed by atoms with Crippen LogP contribution >= 0.6 is 22.7 Å². The minimum atomic E-state index is -0.584. The minimum absolute atomic E-state index is 0.0623. The lowest BCUT2D eigenvalue weighted by atomic mass is 10.0. The van der Waals surface area contributed by atoms with Crippen molar-refractivity contribution >= 4 is 28.5 Å². The van der Waals surface area contributed by atoms with Gasteiger partial charge in [0.15, 0.2) is 5.78 Å². The minimum Gasteiger partial charge on any atom is -0.387 e. The molecule has 0 amide bonds. The molecule has 5 nitrogen and oxygen atoms in total. The molecule has 7 heteroatoms. The molecule has 0 saturated heterocycles. The molecule has 0 aliphatic rings. The SMILES string of the molecule is CC(NCCc1sccc1C(=O)c1ccsc1CCNC(C)C(O)c1ccccc1)C(O)c1ccccc1. The summed E-state index contributed by atoms with van der Waals surface area (Å²) in [6, 6.07) is 22.9. The molecule has 0 bridgehead atoms. The first-order chi connectivity index (χ1) is 18.5. The standard InChI is InChI=1S/C31H36N2O3S2/c1-21(29(34)23-9-5-3-6-10-23)32-17-13-27-25(15-19-37-27)31(36)26-16-20-38-28(26)14-18-33-22(2)30(35)24-11-7-4-8-12-24/h3-12,15-16,19-22,29-30,32-35H,13-14,17-18H2,1-2H3. The fourth-order valence-corrected chi connectivity index (χ4v) is 6.30. The number of ketones is 1. The quantitative estimate of drug-likeness (QED) is 0.155. The number of aliphatic hydroxyl groups excluding tert-OH is 2. The molecule has 4 aromatic rings. The van der Waals surface area contributed by atoms with Crippen molar-refractivity contribution in [2.24, 2.45) is 0 Å². The molecule has 0 fully saturated rings. The zero-order valence-corrected chi connectivity index (χ0v) is 23.5. The van der Waals surface area contributed by atoms with E-state index in [0.29, 0.717) is 13.1 Å². The third-order valence-corrected chi connectivity index (χ3v) is 8.81. The van der Waals surface area contributed by atoms with Gasteiger partial charge in [0.2, 0.25) is 0 Å². The first kappa shape index (κ1) is 28.4. The van der Waals surface area contributed by atoms with Crippen LogP contribution in [0.2, 0.25) is 0 Å². The van der Waals surface area contributed by atoms with E-state index in [1.807, 2.05) is 97.4 Å². The number of carbonyl (C=O) groups is 1. The Balaban J connectivity index is 1.30. The lowest BCUT2D eigenvalue weighted by molar-refractivity contribution is 0.103. The van der Waals surface area contributed by atoms with Crippen LogP contribution in [0.25, 0.3) is 0 Å². The summed E-state index contributed by atoms with van der Waals surface area (Å²) in [6.07, 6.45) is 0.277. The van der Waals surface area contributed by atoms with Gasteiger partial charge in [0.05, 0.1) is 12.2 Å². The van der Waals surface area contributed by atoms with Crippen LogP contribution in [0.3, 0.4) is 0 Å². The summed E-state index contributed by atoms with van der Waals surface area (Å²) in [6.45, 7) is 5.30. The number of hydrogen-bond donors (Lipinski definition) is 4. The van der Waals surface area contributed by atoms with Crippen LogP contribution in [0.1, 0.15) is 62.9 Å². The van der Waals surface area contributed by atoms with Crippen molar-refractivity contribution in [2.75, 3.05) is 13.1 Å². The van der Waals surface area contributed by atoms with Crippen LogP contribution in [0, 0.1) is 0 Å². The van der Waals surface area contributed by atoms with Gasteiger partial charge in [-0.25, -0.2) is 0 Å². The van der Waals surface area contributed by atoms with Crippen molar-refractivity contribution in [3.63, 3.8) is 0 Å². The molecule has 4 atom stereocenters. The van der Waals surface area contributed by atoms with Gasteiger partial charge in [-0.15, -0.1) is 22.7 Å². The second-order valence-corrected chi connectivity index (χ2v) is 11.5. The number of benzene rings is 2. The van der Waals surface area contributed by atoms with E-state index in [1.165, 1.54) is 0 Å². The van der Waals surface area contributed by atoms with Crippen molar-refractivity contribution in [2.45, 2.75) is 51.0 Å². The Labute approximate surface area is 233 Å². The Morgan fingerprint density at radius 2 is 1.08 bits per heavy atom. The zero-order valence-electron chi connectivity index (χ0n) is 21.8. The second kappa shape index (κ2) is 13.9. The highest BCUT2D eigenvalue weighted by molar-refractivity contribution is 7.11. The summed E-state index contributed by atoms with van der Waals surface area (Å²) in [5, 5.41) is 32.0. The van der Waals surface area contributed by atoms with Gasteiger partial charge < -0.3 is 20.8 Å². The van der Waals surface area contributed by atoms with Crippen LogP contribution in [0.15, 0.2) is 83.6 Å². The molecule has 0 aliphatic carbocycles. The van der Waals surface area contributed by atoms with E-state index in [4.69, 9.17) is 0 Å². The Hall–Kier alpha value is -2.65. The third kappa shape index (κ3) is 7.26. The number of hydrogen-bond acceptors (Lipinski definition) is 7. The normalized spacial score (nSPS) is 14.6. The predicted octanol–water partition coefficient (Wildman–Crippen LogP) is 5.55. The van der Waals surface area contributed by atoms with E-state index in [1.54, 1.807) is 22.7 Å². The van der Waals surface area contributed by atoms with Crippen LogP contribution in [-0.4, -0.2) is 41.2 Å². The van der Waals surface area contributed by atoms with Crippen molar-refractivity contribution in [1.29, 1.82) is 0 Å². The fourth-order valence-electron chi connectivity index (χ4n) is 4.55. The van der Waals surface area contributed by atoms with Crippen molar-refractivity contribution in [3.8, 4) is 0 Å². The zero-order chi connectivity index (χ0) is 26.9. The van der Waals surface area contributed by atoms with E-state index in [2.05, 4.69) is 10.6 Å². The van der Waals surface area contributed by atoms with Crippen LogP contribution < -0.4 is 10.6 Å². The van der Waals surface area contributed by atoms with Gasteiger partial charge >= 0.3 is 0 Å². The number of carbonyl (C=O) groups excluding carboxylic acids is 1. The topological polar surface area (TPSA) is 81.6 Å². The molecule has 0 radical (unpaired) electrons. The first-order valence-corrected chi connectivity index (χ1v) is 14.8. The van der Waals surface area contributed by atoms with Crippen LogP contribution in [0.4, 0.5) is 0 Å². The highest BCUT2D eigenvalue weighted by Gasteiger charge is 2.21. The molecule has 200 valence electrons. The molecule has 2 heterocycles. The summed E-state index contributed by atoms with van der Waals surface area (Å²) in [7, 11) is 0. The van der Waals surface area contributed by atoms with Crippen molar-refractivity contribution in [3.05, 3.63) is 116 Å². The fraction of sp³-hybridized carbons (Fsp3) is 0.323. The van der Waals surface area contributed by atoms with Crippen molar-refractivity contribution in [1.82, 2.24) is 10.6 Å². The van der Waals surface area contributed by atoms with E-state index >= 15 is 0 Å². The highest BCUT2D eigenvalue weighted by Crippen LogP contribution is 2.26. The van der Waals surface area contributed by atoms with E-state index in [0.717, 1.165) is 44.8 Å². The molecule has 2 aromatic heterocycles. The van der Waals surface area contributed by atoms with Gasteiger partial charge in [-0.1, -0.05) is 60.7 Å². The molecule has 4 N–H and O–H groups in total. The molecule has 0 spiro atoms. The lowest BCUT2D eigenvalue weighted by Gasteiger charge is -2.21. The van der Waals surface area contributed by atoms with E-state index in [9.17, 15) is 15.0 Å².